The second kappa shape index (κ2) is 3.81. The molecule has 0 aromatic carbocycles. The van der Waals surface area contributed by atoms with Crippen molar-refractivity contribution in [2.24, 2.45) is 29.6 Å². The van der Waals surface area contributed by atoms with Crippen molar-refractivity contribution in [2.45, 2.75) is 38.3 Å². The second-order valence-corrected chi connectivity index (χ2v) is 5.92. The summed E-state index contributed by atoms with van der Waals surface area (Å²) >= 11 is 0. The van der Waals surface area contributed by atoms with Crippen molar-refractivity contribution in [3.8, 4) is 0 Å². The topological polar surface area (TPSA) is 34.1 Å². The van der Waals surface area contributed by atoms with Gasteiger partial charge in [0.25, 0.3) is 0 Å². The molecule has 0 radical (unpaired) electrons. The van der Waals surface area contributed by atoms with Gasteiger partial charge in [-0.25, -0.2) is 0 Å². The summed E-state index contributed by atoms with van der Waals surface area (Å²) < 4.78 is 38.6. The van der Waals surface area contributed by atoms with Gasteiger partial charge >= 0.3 is 6.18 Å². The second-order valence-electron chi connectivity index (χ2n) is 5.92. The Hall–Kier alpha value is -0.870. The Labute approximate surface area is 103 Å². The third kappa shape index (κ3) is 1.62. The molecule has 0 saturated heterocycles. The number of rotatable bonds is 0. The molecule has 3 rings (SSSR count). The number of carbonyl (C=O) groups excluding carboxylic acids is 2. The van der Waals surface area contributed by atoms with Gasteiger partial charge in [0.2, 0.25) is 11.6 Å². The zero-order valence-electron chi connectivity index (χ0n) is 9.87. The Bertz CT molecular complexity index is 402. The van der Waals surface area contributed by atoms with E-state index in [4.69, 9.17) is 0 Å². The zero-order valence-corrected chi connectivity index (χ0v) is 9.87. The van der Waals surface area contributed by atoms with Crippen LogP contribution in [0.25, 0.3) is 0 Å². The molecule has 0 heterocycles. The highest BCUT2D eigenvalue weighted by Crippen LogP contribution is 2.55. The minimum atomic E-state index is -4.23. The van der Waals surface area contributed by atoms with Gasteiger partial charge in [0.1, 0.15) is 0 Å². The molecule has 5 heteroatoms. The fraction of sp³-hybridized carbons (Fsp3) is 0.846. The highest BCUT2D eigenvalue weighted by Gasteiger charge is 2.59. The van der Waals surface area contributed by atoms with Gasteiger partial charge in [-0.2, -0.15) is 13.2 Å². The number of hydrogen-bond donors (Lipinski definition) is 0. The Kier molecular flexibility index (Phi) is 2.58. The molecule has 18 heavy (non-hydrogen) atoms. The van der Waals surface area contributed by atoms with E-state index in [0.717, 1.165) is 12.8 Å². The van der Waals surface area contributed by atoms with Crippen LogP contribution in [-0.4, -0.2) is 17.7 Å². The minimum Gasteiger partial charge on any atom is -0.291 e. The van der Waals surface area contributed by atoms with E-state index in [0.29, 0.717) is 6.42 Å². The Morgan fingerprint density at radius 2 is 1.61 bits per heavy atom. The molecule has 2 nitrogen and oxygen atoms in total. The van der Waals surface area contributed by atoms with E-state index in [1.54, 1.807) is 0 Å². The summed E-state index contributed by atoms with van der Waals surface area (Å²) in [5.74, 6) is -3.38. The van der Waals surface area contributed by atoms with Gasteiger partial charge in [0.15, 0.2) is 0 Å². The van der Waals surface area contributed by atoms with Crippen LogP contribution in [0.5, 0.6) is 0 Å². The molecule has 3 fully saturated rings. The number of alkyl halides is 3. The maximum absolute atomic E-state index is 12.9. The summed E-state index contributed by atoms with van der Waals surface area (Å²) in [6.45, 7) is 0. The molecule has 0 aliphatic heterocycles. The van der Waals surface area contributed by atoms with Crippen molar-refractivity contribution in [3.05, 3.63) is 0 Å². The molecule has 0 aromatic heterocycles. The van der Waals surface area contributed by atoms with Crippen molar-refractivity contribution >= 4 is 11.6 Å². The first kappa shape index (κ1) is 12.2. The molecular formula is C13H15F3O2. The molecule has 0 N–H and O–H groups in total. The lowest BCUT2D eigenvalue weighted by atomic mass is 9.62. The van der Waals surface area contributed by atoms with E-state index < -0.39 is 29.6 Å². The Morgan fingerprint density at radius 1 is 0.944 bits per heavy atom. The van der Waals surface area contributed by atoms with Gasteiger partial charge in [-0.3, -0.25) is 9.59 Å². The molecule has 3 saturated carbocycles. The van der Waals surface area contributed by atoms with Crippen LogP contribution in [0.3, 0.4) is 0 Å². The minimum absolute atomic E-state index is 0.0791. The van der Waals surface area contributed by atoms with Gasteiger partial charge in [-0.05, 0) is 31.1 Å². The number of ketones is 2. The van der Waals surface area contributed by atoms with Crippen LogP contribution in [-0.2, 0) is 9.59 Å². The Morgan fingerprint density at radius 3 is 2.28 bits per heavy atom. The number of halogens is 3. The third-order valence-corrected chi connectivity index (χ3v) is 5.07. The van der Waals surface area contributed by atoms with Crippen LogP contribution in [0.4, 0.5) is 13.2 Å². The van der Waals surface area contributed by atoms with E-state index in [1.165, 1.54) is 0 Å². The fourth-order valence-corrected chi connectivity index (χ4v) is 4.34. The third-order valence-electron chi connectivity index (χ3n) is 5.07. The van der Waals surface area contributed by atoms with Crippen molar-refractivity contribution in [1.82, 2.24) is 0 Å². The first-order valence-electron chi connectivity index (χ1n) is 6.54. The van der Waals surface area contributed by atoms with Crippen LogP contribution in [0.15, 0.2) is 0 Å². The quantitative estimate of drug-likeness (QED) is 0.628. The fourth-order valence-electron chi connectivity index (χ4n) is 4.34. The summed E-state index contributed by atoms with van der Waals surface area (Å²) in [7, 11) is 0. The van der Waals surface area contributed by atoms with E-state index in [1.807, 2.05) is 0 Å². The average molecular weight is 260 g/mol. The maximum atomic E-state index is 12.9. The van der Waals surface area contributed by atoms with E-state index in [9.17, 15) is 22.8 Å². The van der Waals surface area contributed by atoms with E-state index in [2.05, 4.69) is 0 Å². The van der Waals surface area contributed by atoms with Crippen molar-refractivity contribution in [1.29, 1.82) is 0 Å². The van der Waals surface area contributed by atoms with Crippen molar-refractivity contribution in [3.63, 3.8) is 0 Å². The van der Waals surface area contributed by atoms with Crippen LogP contribution in [0, 0.1) is 29.6 Å². The molecule has 5 unspecified atom stereocenters. The zero-order chi connectivity index (χ0) is 13.1. The van der Waals surface area contributed by atoms with E-state index in [-0.39, 0.29) is 30.6 Å². The number of hydrogen-bond acceptors (Lipinski definition) is 2. The predicted molar refractivity (Wildman–Crippen MR) is 56.6 cm³/mol. The highest BCUT2D eigenvalue weighted by atomic mass is 19.4. The van der Waals surface area contributed by atoms with Crippen molar-refractivity contribution in [2.75, 3.05) is 0 Å². The molecule has 100 valence electrons. The van der Waals surface area contributed by atoms with Crippen LogP contribution in [0.2, 0.25) is 0 Å². The lowest BCUT2D eigenvalue weighted by Gasteiger charge is -2.42. The highest BCUT2D eigenvalue weighted by molar-refractivity contribution is 6.41. The monoisotopic (exact) mass is 260 g/mol. The summed E-state index contributed by atoms with van der Waals surface area (Å²) in [6, 6.07) is 0. The van der Waals surface area contributed by atoms with Gasteiger partial charge in [0.05, 0.1) is 5.92 Å². The van der Waals surface area contributed by atoms with Gasteiger partial charge in [-0.1, -0.05) is 12.8 Å². The largest absolute Gasteiger partial charge is 0.391 e. The predicted octanol–water partition coefficient (Wildman–Crippen LogP) is 2.76. The van der Waals surface area contributed by atoms with Gasteiger partial charge in [0, 0.05) is 11.8 Å². The average Bonchev–Trinajstić information content (AvgIpc) is 2.56. The van der Waals surface area contributed by atoms with Crippen LogP contribution < -0.4 is 0 Å². The molecule has 0 bridgehead atoms. The number of carbonyl (C=O) groups is 2. The lowest BCUT2D eigenvalue weighted by Crippen LogP contribution is -2.41. The maximum Gasteiger partial charge on any atom is 0.391 e. The number of Topliss-reactive ketones (excluding diaryl/α,β-unsaturated/α-hetero) is 2. The molecule has 0 amide bonds. The van der Waals surface area contributed by atoms with Crippen LogP contribution >= 0.6 is 0 Å². The van der Waals surface area contributed by atoms with Gasteiger partial charge in [-0.15, -0.1) is 0 Å². The van der Waals surface area contributed by atoms with Crippen LogP contribution in [0.1, 0.15) is 32.1 Å². The smallest absolute Gasteiger partial charge is 0.291 e. The lowest BCUT2D eigenvalue weighted by molar-refractivity contribution is -0.196. The first-order valence-corrected chi connectivity index (χ1v) is 6.54. The molecule has 3 aliphatic carbocycles. The molecule has 0 spiro atoms. The summed E-state index contributed by atoms with van der Waals surface area (Å²) in [4.78, 5) is 23.6. The normalized spacial score (nSPS) is 44.1. The molecule has 0 aromatic rings. The van der Waals surface area contributed by atoms with Gasteiger partial charge < -0.3 is 0 Å². The summed E-state index contributed by atoms with van der Waals surface area (Å²) in [5, 5.41) is 0. The molecule has 3 aliphatic rings. The summed E-state index contributed by atoms with van der Waals surface area (Å²) in [6.07, 6.45) is -2.07. The van der Waals surface area contributed by atoms with Crippen molar-refractivity contribution < 1.29 is 22.8 Å². The summed E-state index contributed by atoms with van der Waals surface area (Å²) in [5.41, 5.74) is 0. The standard InChI is InChI=1S/C13H15F3O2/c14-13(15,16)7-4-6-2-1-3-8-10(6)9(5-7)12(18)11(8)17/h6-10H,1-5H2. The Balaban J connectivity index is 1.91. The molecule has 5 atom stereocenters. The first-order chi connectivity index (χ1) is 8.39. The SMILES string of the molecule is O=C1C(=O)C2CC(C(F)(F)F)CC3CCCC1C32. The molecular weight excluding hydrogens is 245 g/mol. The van der Waals surface area contributed by atoms with E-state index >= 15 is 0 Å².